The summed E-state index contributed by atoms with van der Waals surface area (Å²) < 4.78 is 12.9. The van der Waals surface area contributed by atoms with Crippen LogP contribution in [0.1, 0.15) is 27.2 Å². The van der Waals surface area contributed by atoms with Gasteiger partial charge in [-0.1, -0.05) is 13.8 Å². The Balaban J connectivity index is 2.05. The number of halogens is 1. The molecular formula is C9H18FN. The van der Waals surface area contributed by atoms with Crippen LogP contribution in [0.2, 0.25) is 0 Å². The zero-order chi connectivity index (χ0) is 8.48. The SMILES string of the molecule is CC(C)CCN1CC(C)(F)C1. The fourth-order valence-electron chi connectivity index (χ4n) is 1.49. The highest BCUT2D eigenvalue weighted by atomic mass is 19.1. The molecule has 0 radical (unpaired) electrons. The maximum absolute atomic E-state index is 12.9. The average Bonchev–Trinajstić information content (AvgIpc) is 1.78. The lowest BCUT2D eigenvalue weighted by Gasteiger charge is -2.42. The van der Waals surface area contributed by atoms with E-state index < -0.39 is 5.67 Å². The molecule has 1 saturated heterocycles. The minimum atomic E-state index is -0.892. The molecule has 1 heterocycles. The van der Waals surface area contributed by atoms with Crippen molar-refractivity contribution in [3.63, 3.8) is 0 Å². The number of rotatable bonds is 3. The number of nitrogens with zero attached hydrogens (tertiary/aromatic N) is 1. The van der Waals surface area contributed by atoms with E-state index in [2.05, 4.69) is 18.7 Å². The molecule has 0 amide bonds. The summed E-state index contributed by atoms with van der Waals surface area (Å²) in [6.07, 6.45) is 1.19. The molecule has 0 aliphatic carbocycles. The van der Waals surface area contributed by atoms with Crippen molar-refractivity contribution in [2.24, 2.45) is 5.92 Å². The topological polar surface area (TPSA) is 3.24 Å². The van der Waals surface area contributed by atoms with E-state index in [4.69, 9.17) is 0 Å². The molecule has 0 spiro atoms. The fourth-order valence-corrected chi connectivity index (χ4v) is 1.49. The van der Waals surface area contributed by atoms with Gasteiger partial charge in [-0.15, -0.1) is 0 Å². The van der Waals surface area contributed by atoms with Crippen LogP contribution in [-0.2, 0) is 0 Å². The molecule has 0 atom stereocenters. The summed E-state index contributed by atoms with van der Waals surface area (Å²) in [5, 5.41) is 0. The molecule has 0 aromatic carbocycles. The number of alkyl halides is 1. The van der Waals surface area contributed by atoms with E-state index in [0.29, 0.717) is 13.1 Å². The van der Waals surface area contributed by atoms with Crippen LogP contribution in [0, 0.1) is 5.92 Å². The zero-order valence-electron chi connectivity index (χ0n) is 7.73. The maximum Gasteiger partial charge on any atom is 0.133 e. The second-order valence-corrected chi connectivity index (χ2v) is 4.31. The first-order valence-corrected chi connectivity index (χ1v) is 4.41. The van der Waals surface area contributed by atoms with Crippen molar-refractivity contribution in [2.45, 2.75) is 32.9 Å². The molecule has 0 unspecified atom stereocenters. The van der Waals surface area contributed by atoms with Crippen molar-refractivity contribution in [1.82, 2.24) is 4.90 Å². The maximum atomic E-state index is 12.9. The highest BCUT2D eigenvalue weighted by molar-refractivity contribution is 4.91. The molecule has 11 heavy (non-hydrogen) atoms. The number of likely N-dealkylation sites (tertiary alicyclic amines) is 1. The Hall–Kier alpha value is -0.110. The lowest BCUT2D eigenvalue weighted by Crippen LogP contribution is -2.57. The Morgan fingerprint density at radius 1 is 1.45 bits per heavy atom. The van der Waals surface area contributed by atoms with Gasteiger partial charge in [0.1, 0.15) is 5.67 Å². The van der Waals surface area contributed by atoms with E-state index in [9.17, 15) is 4.39 Å². The van der Waals surface area contributed by atoms with Crippen molar-refractivity contribution in [2.75, 3.05) is 19.6 Å². The average molecular weight is 159 g/mol. The molecule has 1 aliphatic rings. The molecule has 0 bridgehead atoms. The van der Waals surface area contributed by atoms with Crippen LogP contribution in [0.15, 0.2) is 0 Å². The van der Waals surface area contributed by atoms with Crippen LogP contribution >= 0.6 is 0 Å². The van der Waals surface area contributed by atoms with Gasteiger partial charge < -0.3 is 0 Å². The van der Waals surface area contributed by atoms with Gasteiger partial charge >= 0.3 is 0 Å². The Bertz CT molecular complexity index is 124. The molecule has 2 heteroatoms. The highest BCUT2D eigenvalue weighted by Gasteiger charge is 2.37. The Kier molecular flexibility index (Phi) is 2.53. The van der Waals surface area contributed by atoms with E-state index in [0.717, 1.165) is 12.5 Å². The first-order chi connectivity index (χ1) is 4.99. The number of hydrogen-bond acceptors (Lipinski definition) is 1. The second kappa shape index (κ2) is 3.10. The molecule has 0 aromatic rings. The number of hydrogen-bond donors (Lipinski definition) is 0. The van der Waals surface area contributed by atoms with E-state index in [1.54, 1.807) is 6.92 Å². The minimum absolute atomic E-state index is 0.639. The van der Waals surface area contributed by atoms with E-state index in [1.807, 2.05) is 0 Å². The van der Waals surface area contributed by atoms with E-state index in [1.165, 1.54) is 6.42 Å². The summed E-state index contributed by atoms with van der Waals surface area (Å²) in [6.45, 7) is 8.43. The molecule has 0 N–H and O–H groups in total. The van der Waals surface area contributed by atoms with Crippen LogP contribution in [0.5, 0.6) is 0 Å². The highest BCUT2D eigenvalue weighted by Crippen LogP contribution is 2.24. The van der Waals surface area contributed by atoms with Crippen LogP contribution in [0.4, 0.5) is 4.39 Å². The van der Waals surface area contributed by atoms with Crippen molar-refractivity contribution in [3.05, 3.63) is 0 Å². The lowest BCUT2D eigenvalue weighted by atomic mass is 9.98. The normalized spacial score (nSPS) is 23.7. The molecule has 1 fully saturated rings. The smallest absolute Gasteiger partial charge is 0.133 e. The van der Waals surface area contributed by atoms with E-state index in [-0.39, 0.29) is 0 Å². The van der Waals surface area contributed by atoms with Gasteiger partial charge in [-0.25, -0.2) is 4.39 Å². The van der Waals surface area contributed by atoms with Gasteiger partial charge in [0.2, 0.25) is 0 Å². The lowest BCUT2D eigenvalue weighted by molar-refractivity contribution is -0.0192. The summed E-state index contributed by atoms with van der Waals surface area (Å²) in [7, 11) is 0. The van der Waals surface area contributed by atoms with Crippen molar-refractivity contribution in [1.29, 1.82) is 0 Å². The van der Waals surface area contributed by atoms with Gasteiger partial charge in [0.25, 0.3) is 0 Å². The van der Waals surface area contributed by atoms with E-state index >= 15 is 0 Å². The second-order valence-electron chi connectivity index (χ2n) is 4.31. The van der Waals surface area contributed by atoms with Crippen LogP contribution in [0.3, 0.4) is 0 Å². The molecule has 0 aromatic heterocycles. The van der Waals surface area contributed by atoms with Gasteiger partial charge in [0.05, 0.1) is 0 Å². The Morgan fingerprint density at radius 3 is 2.36 bits per heavy atom. The quantitative estimate of drug-likeness (QED) is 0.609. The largest absolute Gasteiger partial charge is 0.297 e. The Morgan fingerprint density at radius 2 is 2.00 bits per heavy atom. The van der Waals surface area contributed by atoms with Crippen molar-refractivity contribution >= 4 is 0 Å². The van der Waals surface area contributed by atoms with Gasteiger partial charge in [-0.05, 0) is 25.8 Å². The summed E-state index contributed by atoms with van der Waals surface area (Å²) in [5.41, 5.74) is -0.892. The van der Waals surface area contributed by atoms with Gasteiger partial charge in [-0.2, -0.15) is 0 Å². The third kappa shape index (κ3) is 2.78. The van der Waals surface area contributed by atoms with Gasteiger partial charge in [0, 0.05) is 13.1 Å². The van der Waals surface area contributed by atoms with Gasteiger partial charge in [0.15, 0.2) is 0 Å². The predicted octanol–water partition coefficient (Wildman–Crippen LogP) is 2.08. The molecule has 1 aliphatic heterocycles. The van der Waals surface area contributed by atoms with Crippen LogP contribution in [0.25, 0.3) is 0 Å². The van der Waals surface area contributed by atoms with Crippen LogP contribution < -0.4 is 0 Å². The van der Waals surface area contributed by atoms with Crippen molar-refractivity contribution < 1.29 is 4.39 Å². The molecule has 66 valence electrons. The Labute approximate surface area is 68.6 Å². The molecule has 1 nitrogen and oxygen atoms in total. The summed E-state index contributed by atoms with van der Waals surface area (Å²) >= 11 is 0. The standard InChI is InChI=1S/C9H18FN/c1-8(2)4-5-11-6-9(3,10)7-11/h8H,4-7H2,1-3H3. The minimum Gasteiger partial charge on any atom is -0.297 e. The first kappa shape index (κ1) is 8.98. The zero-order valence-corrected chi connectivity index (χ0v) is 7.73. The van der Waals surface area contributed by atoms with Crippen molar-refractivity contribution in [3.8, 4) is 0 Å². The van der Waals surface area contributed by atoms with Crippen LogP contribution in [-0.4, -0.2) is 30.2 Å². The fraction of sp³-hybridized carbons (Fsp3) is 1.00. The third-order valence-electron chi connectivity index (χ3n) is 2.13. The summed E-state index contributed by atoms with van der Waals surface area (Å²) in [6, 6.07) is 0. The molecule has 0 saturated carbocycles. The third-order valence-corrected chi connectivity index (χ3v) is 2.13. The molecular weight excluding hydrogens is 141 g/mol. The molecule has 1 rings (SSSR count). The first-order valence-electron chi connectivity index (χ1n) is 4.41. The van der Waals surface area contributed by atoms with Gasteiger partial charge in [-0.3, -0.25) is 4.90 Å². The summed E-state index contributed by atoms with van der Waals surface area (Å²) in [4.78, 5) is 2.18. The monoisotopic (exact) mass is 159 g/mol. The predicted molar refractivity (Wildman–Crippen MR) is 45.4 cm³/mol. The summed E-state index contributed by atoms with van der Waals surface area (Å²) in [5.74, 6) is 0.737.